The number of fused-ring (bicyclic) bond motifs is 5. The highest BCUT2D eigenvalue weighted by atomic mass is 32.2. The van der Waals surface area contributed by atoms with Crippen molar-refractivity contribution in [1.82, 2.24) is 4.57 Å². The van der Waals surface area contributed by atoms with E-state index in [2.05, 4.69) is 27.1 Å². The molecule has 1 atom stereocenters. The van der Waals surface area contributed by atoms with Gasteiger partial charge in [0.25, 0.3) is 0 Å². The Hall–Kier alpha value is -2.07. The molecule has 3 nitrogen and oxygen atoms in total. The van der Waals surface area contributed by atoms with Gasteiger partial charge in [-0.1, -0.05) is 43.3 Å². The smallest absolute Gasteiger partial charge is 0.151 e. The molecule has 1 aromatic heterocycles. The SMILES string of the molecule is CCS1(=O)=Nc2c(c3ccccc3n2C)-c2ccccc21. The summed E-state index contributed by atoms with van der Waals surface area (Å²) in [7, 11) is -0.373. The van der Waals surface area contributed by atoms with Gasteiger partial charge in [0.05, 0.1) is 20.1 Å². The number of hydrogen-bond donors (Lipinski definition) is 0. The molecule has 1 aliphatic rings. The van der Waals surface area contributed by atoms with Crippen LogP contribution in [0.5, 0.6) is 0 Å². The maximum absolute atomic E-state index is 13.2. The quantitative estimate of drug-likeness (QED) is 0.658. The maximum Gasteiger partial charge on any atom is 0.151 e. The number of aryl methyl sites for hydroxylation is 1. The van der Waals surface area contributed by atoms with Crippen LogP contribution in [0.4, 0.5) is 5.82 Å². The van der Waals surface area contributed by atoms with Crippen LogP contribution in [0.15, 0.2) is 57.8 Å². The van der Waals surface area contributed by atoms with E-state index in [9.17, 15) is 4.21 Å². The molecule has 106 valence electrons. The van der Waals surface area contributed by atoms with E-state index in [1.54, 1.807) is 0 Å². The highest BCUT2D eigenvalue weighted by molar-refractivity contribution is 7.94. The lowest BCUT2D eigenvalue weighted by atomic mass is 10.0. The Morgan fingerprint density at radius 3 is 2.62 bits per heavy atom. The van der Waals surface area contributed by atoms with Crippen LogP contribution in [0.25, 0.3) is 22.0 Å². The van der Waals surface area contributed by atoms with Crippen LogP contribution < -0.4 is 0 Å². The third kappa shape index (κ3) is 1.56. The van der Waals surface area contributed by atoms with Gasteiger partial charge in [-0.05, 0) is 12.1 Å². The summed E-state index contributed by atoms with van der Waals surface area (Å²) < 4.78 is 19.9. The number of rotatable bonds is 1. The molecule has 1 unspecified atom stereocenters. The summed E-state index contributed by atoms with van der Waals surface area (Å²) in [6, 6.07) is 16.2. The number of nitrogens with zero attached hydrogens (tertiary/aromatic N) is 2. The zero-order valence-corrected chi connectivity index (χ0v) is 12.9. The van der Waals surface area contributed by atoms with Crippen molar-refractivity contribution in [2.24, 2.45) is 11.4 Å². The van der Waals surface area contributed by atoms with Crippen LogP contribution in [-0.2, 0) is 16.8 Å². The van der Waals surface area contributed by atoms with Crippen LogP contribution in [0, 0.1) is 0 Å². The van der Waals surface area contributed by atoms with Crippen molar-refractivity contribution in [1.29, 1.82) is 0 Å². The minimum atomic E-state index is -2.37. The Labute approximate surface area is 124 Å². The number of benzene rings is 2. The average Bonchev–Trinajstić information content (AvgIpc) is 2.81. The van der Waals surface area contributed by atoms with Gasteiger partial charge < -0.3 is 4.57 Å². The molecule has 4 heteroatoms. The molecule has 3 aromatic rings. The standard InChI is InChI=1S/C17H16N2OS/c1-3-21(20)15-11-7-5-9-13(15)16-12-8-4-6-10-14(12)19(2)17(16)18-21/h4-11H,3H2,1-2H3. The van der Waals surface area contributed by atoms with E-state index in [0.717, 1.165) is 27.4 Å². The number of hydrogen-bond acceptors (Lipinski definition) is 2. The summed E-state index contributed by atoms with van der Waals surface area (Å²) in [6.07, 6.45) is 0. The van der Waals surface area contributed by atoms with E-state index in [0.29, 0.717) is 5.75 Å². The van der Waals surface area contributed by atoms with E-state index >= 15 is 0 Å². The third-order valence-corrected chi connectivity index (χ3v) is 6.49. The molecular weight excluding hydrogens is 280 g/mol. The molecule has 0 radical (unpaired) electrons. The lowest BCUT2D eigenvalue weighted by Crippen LogP contribution is -2.09. The Morgan fingerprint density at radius 2 is 1.81 bits per heavy atom. The van der Waals surface area contributed by atoms with Crippen LogP contribution >= 0.6 is 0 Å². The normalized spacial score (nSPS) is 19.9. The molecule has 2 heterocycles. The van der Waals surface area contributed by atoms with E-state index in [4.69, 9.17) is 0 Å². The van der Waals surface area contributed by atoms with E-state index in [-0.39, 0.29) is 0 Å². The first kappa shape index (κ1) is 12.7. The van der Waals surface area contributed by atoms with Gasteiger partial charge in [0.1, 0.15) is 0 Å². The maximum atomic E-state index is 13.2. The number of para-hydroxylation sites is 1. The fourth-order valence-electron chi connectivity index (χ4n) is 3.11. The van der Waals surface area contributed by atoms with Crippen molar-refractivity contribution in [3.63, 3.8) is 0 Å². The van der Waals surface area contributed by atoms with Crippen molar-refractivity contribution in [3.05, 3.63) is 48.5 Å². The molecule has 1 aliphatic heterocycles. The molecule has 0 saturated carbocycles. The van der Waals surface area contributed by atoms with Crippen molar-refractivity contribution < 1.29 is 4.21 Å². The van der Waals surface area contributed by atoms with E-state index in [1.807, 2.05) is 44.3 Å². The average molecular weight is 296 g/mol. The fraction of sp³-hybridized carbons (Fsp3) is 0.176. The molecule has 0 amide bonds. The van der Waals surface area contributed by atoms with E-state index < -0.39 is 9.73 Å². The van der Waals surface area contributed by atoms with Crippen LogP contribution in [-0.4, -0.2) is 14.5 Å². The van der Waals surface area contributed by atoms with Gasteiger partial charge in [-0.3, -0.25) is 0 Å². The second kappa shape index (κ2) is 4.21. The van der Waals surface area contributed by atoms with Crippen molar-refractivity contribution >= 4 is 26.4 Å². The highest BCUT2D eigenvalue weighted by Crippen LogP contribution is 2.46. The molecule has 0 fully saturated rings. The van der Waals surface area contributed by atoms with Gasteiger partial charge in [-0.2, -0.15) is 4.36 Å². The summed E-state index contributed by atoms with van der Waals surface area (Å²) in [6.45, 7) is 1.94. The minimum Gasteiger partial charge on any atom is -0.328 e. The Morgan fingerprint density at radius 1 is 1.10 bits per heavy atom. The lowest BCUT2D eigenvalue weighted by Gasteiger charge is -2.19. The Bertz CT molecular complexity index is 991. The molecule has 0 saturated heterocycles. The monoisotopic (exact) mass is 296 g/mol. The number of aromatic nitrogens is 1. The zero-order chi connectivity index (χ0) is 14.6. The Kier molecular flexibility index (Phi) is 2.54. The molecule has 0 aliphatic carbocycles. The molecular formula is C17H16N2OS. The summed E-state index contributed by atoms with van der Waals surface area (Å²) in [5.74, 6) is 1.37. The minimum absolute atomic E-state index is 0.533. The summed E-state index contributed by atoms with van der Waals surface area (Å²) in [5, 5.41) is 1.17. The molecule has 0 bridgehead atoms. The lowest BCUT2D eigenvalue weighted by molar-refractivity contribution is 0.677. The van der Waals surface area contributed by atoms with Crippen molar-refractivity contribution in [2.45, 2.75) is 11.8 Å². The first-order valence-corrected chi connectivity index (χ1v) is 8.76. The van der Waals surface area contributed by atoms with Crippen LogP contribution in [0.2, 0.25) is 0 Å². The first-order valence-electron chi connectivity index (χ1n) is 7.07. The van der Waals surface area contributed by atoms with Gasteiger partial charge in [0.2, 0.25) is 0 Å². The van der Waals surface area contributed by atoms with Gasteiger partial charge in [-0.25, -0.2) is 4.21 Å². The predicted octanol–water partition coefficient (Wildman–Crippen LogP) is 4.34. The molecule has 0 N–H and O–H groups in total. The van der Waals surface area contributed by atoms with Crippen LogP contribution in [0.1, 0.15) is 6.92 Å². The van der Waals surface area contributed by atoms with Gasteiger partial charge >= 0.3 is 0 Å². The highest BCUT2D eigenvalue weighted by Gasteiger charge is 2.27. The van der Waals surface area contributed by atoms with Gasteiger partial charge in [0, 0.05) is 29.3 Å². The third-order valence-electron chi connectivity index (χ3n) is 4.20. The molecule has 21 heavy (non-hydrogen) atoms. The van der Waals surface area contributed by atoms with Crippen LogP contribution in [0.3, 0.4) is 0 Å². The topological polar surface area (TPSA) is 34.4 Å². The Balaban J connectivity index is 2.27. The summed E-state index contributed by atoms with van der Waals surface area (Å²) >= 11 is 0. The van der Waals surface area contributed by atoms with Gasteiger partial charge in [-0.15, -0.1) is 0 Å². The molecule has 2 aromatic carbocycles. The summed E-state index contributed by atoms with van der Waals surface area (Å²) in [5.41, 5.74) is 3.29. The van der Waals surface area contributed by atoms with Crippen molar-refractivity contribution in [3.8, 4) is 11.1 Å². The largest absolute Gasteiger partial charge is 0.328 e. The zero-order valence-electron chi connectivity index (χ0n) is 12.0. The molecule has 0 spiro atoms. The van der Waals surface area contributed by atoms with Crippen molar-refractivity contribution in [2.75, 3.05) is 5.75 Å². The predicted molar refractivity (Wildman–Crippen MR) is 87.4 cm³/mol. The first-order chi connectivity index (χ1) is 10.2. The van der Waals surface area contributed by atoms with E-state index in [1.165, 1.54) is 5.39 Å². The summed E-state index contributed by atoms with van der Waals surface area (Å²) in [4.78, 5) is 0.872. The fourth-order valence-corrected chi connectivity index (χ4v) is 4.95. The molecule has 4 rings (SSSR count). The second-order valence-electron chi connectivity index (χ2n) is 5.29. The van der Waals surface area contributed by atoms with Gasteiger partial charge in [0.15, 0.2) is 5.82 Å². The second-order valence-corrected chi connectivity index (χ2v) is 7.77.